The lowest BCUT2D eigenvalue weighted by Crippen LogP contribution is -2.43. The fourth-order valence-electron chi connectivity index (χ4n) is 4.58. The van der Waals surface area contributed by atoms with Gasteiger partial charge in [0, 0.05) is 23.4 Å². The van der Waals surface area contributed by atoms with E-state index in [0.29, 0.717) is 5.75 Å². The Morgan fingerprint density at radius 2 is 2.00 bits per heavy atom. The van der Waals surface area contributed by atoms with Crippen molar-refractivity contribution in [3.8, 4) is 0 Å². The zero-order valence-electron chi connectivity index (χ0n) is 18.7. The molecule has 0 radical (unpaired) electrons. The zero-order valence-corrected chi connectivity index (χ0v) is 20.4. The van der Waals surface area contributed by atoms with Crippen LogP contribution in [0, 0.1) is 5.92 Å². The molecule has 1 atom stereocenters. The molecule has 4 rings (SSSR count). The van der Waals surface area contributed by atoms with Crippen molar-refractivity contribution in [3.63, 3.8) is 0 Å². The number of carbonyl (C=O) groups excluding carboxylic acids is 1. The predicted octanol–water partition coefficient (Wildman–Crippen LogP) is 4.76. The lowest BCUT2D eigenvalue weighted by atomic mass is 9.89. The van der Waals surface area contributed by atoms with Gasteiger partial charge in [0.1, 0.15) is 10.7 Å². The van der Waals surface area contributed by atoms with Crippen molar-refractivity contribution in [1.29, 1.82) is 0 Å². The first-order chi connectivity index (χ1) is 14.3. The molecule has 30 heavy (non-hydrogen) atoms. The fraction of sp³-hybridized carbons (Fsp3) is 0.636. The van der Waals surface area contributed by atoms with Gasteiger partial charge >= 0.3 is 0 Å². The van der Waals surface area contributed by atoms with Crippen LogP contribution in [0.3, 0.4) is 0 Å². The summed E-state index contributed by atoms with van der Waals surface area (Å²) in [6, 6.07) is 0.362. The lowest BCUT2D eigenvalue weighted by molar-refractivity contribution is -0.131. The molecule has 3 aromatic rings. The Kier molecular flexibility index (Phi) is 6.08. The second kappa shape index (κ2) is 8.46. The van der Waals surface area contributed by atoms with E-state index >= 15 is 0 Å². The van der Waals surface area contributed by atoms with Crippen molar-refractivity contribution in [2.75, 3.05) is 5.75 Å². The monoisotopic (exact) mass is 445 g/mol. The number of hydrogen-bond donors (Lipinski definition) is 0. The van der Waals surface area contributed by atoms with Gasteiger partial charge in [-0.3, -0.25) is 9.20 Å². The van der Waals surface area contributed by atoms with E-state index in [1.165, 1.54) is 34.0 Å². The Morgan fingerprint density at radius 3 is 2.67 bits per heavy atom. The van der Waals surface area contributed by atoms with E-state index in [1.54, 1.807) is 0 Å². The summed E-state index contributed by atoms with van der Waals surface area (Å²) in [6.45, 7) is 12.7. The molecule has 162 valence electrons. The van der Waals surface area contributed by atoms with E-state index in [2.05, 4.69) is 56.1 Å². The SMILES string of the molecule is CCc1nc2sc3c(c2c2nnc(SCC(=O)N(C(C)C)C(C)C)n12)CC[C@@H](C)C3. The molecule has 0 bridgehead atoms. The van der Waals surface area contributed by atoms with Crippen LogP contribution in [0.4, 0.5) is 0 Å². The molecule has 6 nitrogen and oxygen atoms in total. The highest BCUT2D eigenvalue weighted by Crippen LogP contribution is 2.39. The van der Waals surface area contributed by atoms with Crippen LogP contribution in [0.25, 0.3) is 15.9 Å². The van der Waals surface area contributed by atoms with Gasteiger partial charge in [-0.25, -0.2) is 4.98 Å². The standard InChI is InChI=1S/C22H31N5OS2/c1-7-17-23-21-19(15-9-8-14(6)10-16(15)30-21)20-24-25-22(27(17)20)29-11-18(28)26(12(2)3)13(4)5/h12-14H,7-11H2,1-6H3/t14-/m1/s1. The van der Waals surface area contributed by atoms with Crippen LogP contribution in [-0.4, -0.2) is 48.2 Å². The van der Waals surface area contributed by atoms with Crippen LogP contribution in [0.1, 0.15) is 64.2 Å². The van der Waals surface area contributed by atoms with Gasteiger partial charge in [-0.2, -0.15) is 0 Å². The van der Waals surface area contributed by atoms with Gasteiger partial charge in [-0.1, -0.05) is 25.6 Å². The number of thiophene rings is 1. The molecule has 3 aromatic heterocycles. The molecule has 1 aliphatic carbocycles. The van der Waals surface area contributed by atoms with Crippen molar-refractivity contribution >= 4 is 44.9 Å². The molecule has 0 aliphatic heterocycles. The van der Waals surface area contributed by atoms with E-state index in [0.717, 1.165) is 46.6 Å². The number of carbonyl (C=O) groups is 1. The number of amides is 1. The minimum Gasteiger partial charge on any atom is -0.337 e. The predicted molar refractivity (Wildman–Crippen MR) is 125 cm³/mol. The maximum absolute atomic E-state index is 12.8. The molecule has 3 heterocycles. The van der Waals surface area contributed by atoms with Gasteiger partial charge in [-0.05, 0) is 58.4 Å². The van der Waals surface area contributed by atoms with Crippen molar-refractivity contribution in [2.45, 2.75) is 84.5 Å². The van der Waals surface area contributed by atoms with Gasteiger partial charge in [0.25, 0.3) is 0 Å². The number of aromatic nitrogens is 4. The molecule has 8 heteroatoms. The van der Waals surface area contributed by atoms with Crippen LogP contribution in [0.15, 0.2) is 5.16 Å². The summed E-state index contributed by atoms with van der Waals surface area (Å²) in [5.74, 6) is 2.19. The Morgan fingerprint density at radius 1 is 1.27 bits per heavy atom. The maximum atomic E-state index is 12.8. The second-order valence-electron chi connectivity index (χ2n) is 8.83. The minimum atomic E-state index is 0.135. The average Bonchev–Trinajstić information content (AvgIpc) is 3.25. The van der Waals surface area contributed by atoms with Gasteiger partial charge in [0.15, 0.2) is 10.8 Å². The third kappa shape index (κ3) is 3.73. The van der Waals surface area contributed by atoms with Gasteiger partial charge in [0.2, 0.25) is 5.91 Å². The van der Waals surface area contributed by atoms with Crippen LogP contribution >= 0.6 is 23.1 Å². The Hall–Kier alpha value is -1.67. The van der Waals surface area contributed by atoms with Crippen LogP contribution in [0.2, 0.25) is 0 Å². The third-order valence-corrected chi connectivity index (χ3v) is 7.94. The van der Waals surface area contributed by atoms with Crippen molar-refractivity contribution in [1.82, 2.24) is 24.5 Å². The molecule has 0 fully saturated rings. The molecule has 0 N–H and O–H groups in total. The summed E-state index contributed by atoms with van der Waals surface area (Å²) in [4.78, 5) is 22.3. The van der Waals surface area contributed by atoms with E-state index in [-0.39, 0.29) is 18.0 Å². The number of aryl methyl sites for hydroxylation is 2. The average molecular weight is 446 g/mol. The second-order valence-corrected chi connectivity index (χ2v) is 10.9. The first-order valence-electron chi connectivity index (χ1n) is 10.9. The molecule has 1 amide bonds. The van der Waals surface area contributed by atoms with Gasteiger partial charge < -0.3 is 4.90 Å². The van der Waals surface area contributed by atoms with Crippen molar-refractivity contribution < 1.29 is 4.79 Å². The van der Waals surface area contributed by atoms with Crippen molar-refractivity contribution in [2.24, 2.45) is 5.92 Å². The minimum absolute atomic E-state index is 0.135. The first kappa shape index (κ1) is 21.6. The van der Waals surface area contributed by atoms with Crippen LogP contribution in [0.5, 0.6) is 0 Å². The highest BCUT2D eigenvalue weighted by atomic mass is 32.2. The lowest BCUT2D eigenvalue weighted by Gasteiger charge is -2.30. The smallest absolute Gasteiger partial charge is 0.233 e. The summed E-state index contributed by atoms with van der Waals surface area (Å²) >= 11 is 3.29. The summed E-state index contributed by atoms with van der Waals surface area (Å²) in [5, 5.41) is 11.0. The first-order valence-corrected chi connectivity index (χ1v) is 12.7. The normalized spacial score (nSPS) is 16.7. The topological polar surface area (TPSA) is 63.4 Å². The summed E-state index contributed by atoms with van der Waals surface area (Å²) in [6.07, 6.45) is 4.24. The van der Waals surface area contributed by atoms with Gasteiger partial charge in [0.05, 0.1) is 11.1 Å². The van der Waals surface area contributed by atoms with E-state index in [1.807, 2.05) is 16.2 Å². The molecular weight excluding hydrogens is 414 g/mol. The highest BCUT2D eigenvalue weighted by Gasteiger charge is 2.26. The molecular formula is C22H31N5OS2. The largest absolute Gasteiger partial charge is 0.337 e. The van der Waals surface area contributed by atoms with Crippen LogP contribution < -0.4 is 0 Å². The number of nitrogens with zero attached hydrogens (tertiary/aromatic N) is 5. The molecule has 0 aromatic carbocycles. The molecule has 0 saturated heterocycles. The van der Waals surface area contributed by atoms with E-state index in [4.69, 9.17) is 4.98 Å². The number of hydrogen-bond acceptors (Lipinski definition) is 6. The molecule has 0 spiro atoms. The summed E-state index contributed by atoms with van der Waals surface area (Å²) in [5.41, 5.74) is 2.32. The zero-order chi connectivity index (χ0) is 21.6. The van der Waals surface area contributed by atoms with Crippen LogP contribution in [-0.2, 0) is 24.1 Å². The Balaban J connectivity index is 1.72. The summed E-state index contributed by atoms with van der Waals surface area (Å²) < 4.78 is 2.08. The number of thioether (sulfide) groups is 1. The maximum Gasteiger partial charge on any atom is 0.233 e. The van der Waals surface area contributed by atoms with E-state index in [9.17, 15) is 4.79 Å². The third-order valence-electron chi connectivity index (χ3n) is 5.88. The van der Waals surface area contributed by atoms with Crippen molar-refractivity contribution in [3.05, 3.63) is 16.3 Å². The molecule has 1 aliphatic rings. The fourth-order valence-corrected chi connectivity index (χ4v) is 6.80. The van der Waals surface area contributed by atoms with Gasteiger partial charge in [-0.15, -0.1) is 21.5 Å². The summed E-state index contributed by atoms with van der Waals surface area (Å²) in [7, 11) is 0. The quantitative estimate of drug-likeness (QED) is 0.512. The van der Waals surface area contributed by atoms with E-state index < -0.39 is 0 Å². The molecule has 0 unspecified atom stereocenters. The highest BCUT2D eigenvalue weighted by molar-refractivity contribution is 7.99. The number of fused-ring (bicyclic) bond motifs is 5. The Bertz CT molecular complexity index is 1080. The molecule has 0 saturated carbocycles. The Labute approximate surface area is 186 Å². The number of rotatable bonds is 6.